The Morgan fingerprint density at radius 3 is 2.46 bits per heavy atom. The number of hydrogen-bond acceptors (Lipinski definition) is 3. The first kappa shape index (κ1) is 16.6. The van der Waals surface area contributed by atoms with Crippen LogP contribution in [0.3, 0.4) is 0 Å². The fraction of sp³-hybridized carbons (Fsp3) is 0.111. The third kappa shape index (κ3) is 3.63. The van der Waals surface area contributed by atoms with E-state index in [1.54, 1.807) is 0 Å². The molecule has 3 rings (SSSR count). The number of benzene rings is 2. The lowest BCUT2D eigenvalue weighted by molar-refractivity contribution is -0.115. The molecular formula is C18H16ClN3OS. The summed E-state index contributed by atoms with van der Waals surface area (Å²) in [6, 6.07) is 15.8. The van der Waals surface area contributed by atoms with Gasteiger partial charge in [0.15, 0.2) is 5.16 Å². The van der Waals surface area contributed by atoms with Gasteiger partial charge in [0.1, 0.15) is 0 Å². The van der Waals surface area contributed by atoms with Crippen LogP contribution in [0.2, 0.25) is 5.02 Å². The predicted molar refractivity (Wildman–Crippen MR) is 98.7 cm³/mol. The Balaban J connectivity index is 2.09. The van der Waals surface area contributed by atoms with Gasteiger partial charge in [-0.2, -0.15) is 0 Å². The van der Waals surface area contributed by atoms with E-state index in [1.165, 1.54) is 17.3 Å². The van der Waals surface area contributed by atoms with Crippen molar-refractivity contribution in [1.82, 2.24) is 9.55 Å². The number of hydrogen-bond donors (Lipinski definition) is 1. The second kappa shape index (κ2) is 7.11. The summed E-state index contributed by atoms with van der Waals surface area (Å²) in [5.41, 5.74) is 9.39. The molecule has 1 heterocycles. The van der Waals surface area contributed by atoms with Gasteiger partial charge in [-0.1, -0.05) is 53.2 Å². The summed E-state index contributed by atoms with van der Waals surface area (Å²) in [5, 5.41) is 1.38. The average Bonchev–Trinajstić information content (AvgIpc) is 2.98. The predicted octanol–water partition coefficient (Wildman–Crippen LogP) is 4.08. The molecule has 0 spiro atoms. The van der Waals surface area contributed by atoms with Crippen LogP contribution in [0.4, 0.5) is 0 Å². The summed E-state index contributed by atoms with van der Waals surface area (Å²) < 4.78 is 2.01. The maximum atomic E-state index is 11.1. The third-order valence-electron chi connectivity index (χ3n) is 3.51. The van der Waals surface area contributed by atoms with Crippen LogP contribution in [-0.4, -0.2) is 21.2 Å². The molecule has 2 aromatic carbocycles. The first-order valence-corrected chi connectivity index (χ1v) is 8.73. The molecule has 0 aliphatic carbocycles. The van der Waals surface area contributed by atoms with Gasteiger partial charge in [0.25, 0.3) is 0 Å². The molecule has 0 saturated carbocycles. The molecule has 0 unspecified atom stereocenters. The molecular weight excluding hydrogens is 342 g/mol. The summed E-state index contributed by atoms with van der Waals surface area (Å²) in [6.45, 7) is 2.05. The lowest BCUT2D eigenvalue weighted by Gasteiger charge is -2.12. The number of amides is 1. The van der Waals surface area contributed by atoms with E-state index in [0.717, 1.165) is 16.9 Å². The molecule has 2 N–H and O–H groups in total. The highest BCUT2D eigenvalue weighted by atomic mass is 35.5. The van der Waals surface area contributed by atoms with Crippen molar-refractivity contribution < 1.29 is 4.79 Å². The van der Waals surface area contributed by atoms with Crippen LogP contribution in [0.1, 0.15) is 5.56 Å². The van der Waals surface area contributed by atoms with E-state index in [2.05, 4.69) is 36.2 Å². The van der Waals surface area contributed by atoms with Gasteiger partial charge < -0.3 is 5.73 Å². The molecule has 3 aromatic rings. The molecule has 1 aromatic heterocycles. The van der Waals surface area contributed by atoms with Crippen LogP contribution in [-0.2, 0) is 4.79 Å². The minimum Gasteiger partial charge on any atom is -0.369 e. The summed E-state index contributed by atoms with van der Waals surface area (Å²) in [4.78, 5) is 15.6. The van der Waals surface area contributed by atoms with Crippen molar-refractivity contribution in [2.75, 3.05) is 5.75 Å². The van der Waals surface area contributed by atoms with Gasteiger partial charge in [0.05, 0.1) is 17.6 Å². The van der Waals surface area contributed by atoms with Crippen LogP contribution in [0, 0.1) is 6.92 Å². The summed E-state index contributed by atoms with van der Waals surface area (Å²) in [7, 11) is 0. The van der Waals surface area contributed by atoms with Gasteiger partial charge in [0, 0.05) is 16.3 Å². The lowest BCUT2D eigenvalue weighted by Crippen LogP contribution is -2.13. The number of carbonyl (C=O) groups excluding carboxylic acids is 1. The molecule has 0 saturated heterocycles. The minimum absolute atomic E-state index is 0.179. The number of nitrogens with zero attached hydrogens (tertiary/aromatic N) is 2. The average molecular weight is 358 g/mol. The number of aromatic nitrogens is 2. The van der Waals surface area contributed by atoms with Crippen LogP contribution in [0.15, 0.2) is 59.9 Å². The Kier molecular flexibility index (Phi) is 4.92. The zero-order valence-electron chi connectivity index (χ0n) is 13.1. The van der Waals surface area contributed by atoms with Gasteiger partial charge in [-0.05, 0) is 31.2 Å². The largest absolute Gasteiger partial charge is 0.369 e. The van der Waals surface area contributed by atoms with E-state index in [-0.39, 0.29) is 11.7 Å². The number of halogens is 1. The zero-order valence-corrected chi connectivity index (χ0v) is 14.6. The SMILES string of the molecule is Cc1ccc(-c2cnc(SCC(N)=O)n2-c2ccc(Cl)cc2)cc1. The van der Waals surface area contributed by atoms with Crippen molar-refractivity contribution in [3.05, 3.63) is 65.3 Å². The Hall–Kier alpha value is -2.24. The fourth-order valence-corrected chi connectivity index (χ4v) is 3.20. The zero-order chi connectivity index (χ0) is 17.1. The highest BCUT2D eigenvalue weighted by molar-refractivity contribution is 7.99. The van der Waals surface area contributed by atoms with E-state index < -0.39 is 0 Å². The van der Waals surface area contributed by atoms with Crippen molar-refractivity contribution in [2.24, 2.45) is 5.73 Å². The smallest absolute Gasteiger partial charge is 0.227 e. The van der Waals surface area contributed by atoms with E-state index in [9.17, 15) is 4.79 Å². The van der Waals surface area contributed by atoms with E-state index >= 15 is 0 Å². The molecule has 0 radical (unpaired) electrons. The van der Waals surface area contributed by atoms with E-state index in [1.807, 2.05) is 35.0 Å². The lowest BCUT2D eigenvalue weighted by atomic mass is 10.1. The molecule has 6 heteroatoms. The maximum absolute atomic E-state index is 11.1. The van der Waals surface area contributed by atoms with Gasteiger partial charge in [-0.3, -0.25) is 9.36 Å². The Morgan fingerprint density at radius 2 is 1.83 bits per heavy atom. The van der Waals surface area contributed by atoms with Crippen molar-refractivity contribution >= 4 is 29.3 Å². The summed E-state index contributed by atoms with van der Waals surface area (Å²) >= 11 is 7.32. The first-order valence-electron chi connectivity index (χ1n) is 7.36. The Labute approximate surface area is 149 Å². The molecule has 4 nitrogen and oxygen atoms in total. The van der Waals surface area contributed by atoms with Gasteiger partial charge in [-0.25, -0.2) is 4.98 Å². The van der Waals surface area contributed by atoms with Crippen LogP contribution in [0.25, 0.3) is 16.9 Å². The minimum atomic E-state index is -0.373. The van der Waals surface area contributed by atoms with E-state index in [4.69, 9.17) is 17.3 Å². The van der Waals surface area contributed by atoms with Gasteiger partial charge >= 0.3 is 0 Å². The standard InChI is InChI=1S/C18H16ClN3OS/c1-12-2-4-13(5-3-12)16-10-21-18(24-11-17(20)23)22(16)15-8-6-14(19)7-9-15/h2-10H,11H2,1H3,(H2,20,23). The van der Waals surface area contributed by atoms with Crippen LogP contribution >= 0.6 is 23.4 Å². The molecule has 122 valence electrons. The summed E-state index contributed by atoms with van der Waals surface area (Å²) in [6.07, 6.45) is 1.81. The van der Waals surface area contributed by atoms with Crippen molar-refractivity contribution in [2.45, 2.75) is 12.1 Å². The second-order valence-electron chi connectivity index (χ2n) is 5.36. The number of carbonyl (C=O) groups is 1. The Bertz CT molecular complexity index is 857. The molecule has 1 amide bonds. The van der Waals surface area contributed by atoms with Gasteiger partial charge in [-0.15, -0.1) is 0 Å². The molecule has 0 atom stereocenters. The van der Waals surface area contributed by atoms with Crippen molar-refractivity contribution in [1.29, 1.82) is 0 Å². The molecule has 0 bridgehead atoms. The van der Waals surface area contributed by atoms with Gasteiger partial charge in [0.2, 0.25) is 5.91 Å². The number of rotatable bonds is 5. The van der Waals surface area contributed by atoms with E-state index in [0.29, 0.717) is 10.2 Å². The number of aryl methyl sites for hydroxylation is 1. The number of imidazole rings is 1. The topological polar surface area (TPSA) is 60.9 Å². The molecule has 24 heavy (non-hydrogen) atoms. The van der Waals surface area contributed by atoms with Crippen LogP contribution in [0.5, 0.6) is 0 Å². The first-order chi connectivity index (χ1) is 11.5. The fourth-order valence-electron chi connectivity index (χ4n) is 2.34. The normalized spacial score (nSPS) is 10.8. The summed E-state index contributed by atoms with van der Waals surface area (Å²) in [5.74, 6) is -0.194. The highest BCUT2D eigenvalue weighted by Crippen LogP contribution is 2.30. The quantitative estimate of drug-likeness (QED) is 0.700. The Morgan fingerprint density at radius 1 is 1.17 bits per heavy atom. The maximum Gasteiger partial charge on any atom is 0.227 e. The molecule has 0 aliphatic heterocycles. The van der Waals surface area contributed by atoms with Crippen molar-refractivity contribution in [3.8, 4) is 16.9 Å². The number of thioether (sulfide) groups is 1. The highest BCUT2D eigenvalue weighted by Gasteiger charge is 2.15. The molecule has 0 aliphatic rings. The molecule has 0 fully saturated rings. The van der Waals surface area contributed by atoms with Crippen molar-refractivity contribution in [3.63, 3.8) is 0 Å². The third-order valence-corrected chi connectivity index (χ3v) is 4.73. The monoisotopic (exact) mass is 357 g/mol. The number of primary amides is 1. The second-order valence-corrected chi connectivity index (χ2v) is 6.74. The van der Waals surface area contributed by atoms with Crippen LogP contribution < -0.4 is 5.73 Å². The number of nitrogens with two attached hydrogens (primary N) is 1.